The van der Waals surface area contributed by atoms with Gasteiger partial charge in [-0.1, -0.05) is 49.1 Å². The van der Waals surface area contributed by atoms with Gasteiger partial charge in [0.1, 0.15) is 0 Å². The standard InChI is InChI=1S/C32H36FN3O5/c1-19-15-20(2)30(21(3)16-19)35-32(39)34-28-18-24(23-12-14-29(40-5)27(33)17-23)11-13-26(28)31(38)36(41-22(4)37)25-9-7-6-8-10-25/h11-18,25H,6-10H2,1-5H3,(H2,34,35,39). The Hall–Kier alpha value is -4.40. The molecule has 9 heteroatoms. The number of hydrogen-bond donors (Lipinski definition) is 2. The van der Waals surface area contributed by atoms with E-state index in [1.165, 1.54) is 26.2 Å². The SMILES string of the molecule is COc1ccc(-c2ccc(C(=O)N(OC(C)=O)C3CCCCC3)c(NC(=O)Nc3c(C)cc(C)cc3C)c2)cc1F. The minimum Gasteiger partial charge on any atom is -0.494 e. The van der Waals surface area contributed by atoms with Crippen LogP contribution in [0.4, 0.5) is 20.6 Å². The first-order chi connectivity index (χ1) is 19.6. The van der Waals surface area contributed by atoms with E-state index in [1.54, 1.807) is 24.3 Å². The molecule has 3 amide bonds. The summed E-state index contributed by atoms with van der Waals surface area (Å²) in [7, 11) is 1.39. The van der Waals surface area contributed by atoms with Crippen molar-refractivity contribution in [2.75, 3.05) is 17.7 Å². The largest absolute Gasteiger partial charge is 0.494 e. The third-order valence-corrected chi connectivity index (χ3v) is 7.23. The van der Waals surface area contributed by atoms with Crippen LogP contribution in [0.15, 0.2) is 48.5 Å². The van der Waals surface area contributed by atoms with Gasteiger partial charge in [-0.05, 0) is 80.1 Å². The normalized spacial score (nSPS) is 13.3. The maximum absolute atomic E-state index is 14.5. The summed E-state index contributed by atoms with van der Waals surface area (Å²) in [5.74, 6) is -1.59. The lowest BCUT2D eigenvalue weighted by Gasteiger charge is -2.32. The number of nitrogens with zero attached hydrogens (tertiary/aromatic N) is 1. The molecule has 0 heterocycles. The second-order valence-corrected chi connectivity index (χ2v) is 10.5. The van der Waals surface area contributed by atoms with Gasteiger partial charge in [-0.25, -0.2) is 9.18 Å². The van der Waals surface area contributed by atoms with Gasteiger partial charge in [0.05, 0.1) is 24.4 Å². The summed E-state index contributed by atoms with van der Waals surface area (Å²) in [6.07, 6.45) is 4.30. The Morgan fingerprint density at radius 3 is 2.12 bits per heavy atom. The third-order valence-electron chi connectivity index (χ3n) is 7.23. The van der Waals surface area contributed by atoms with E-state index in [2.05, 4.69) is 10.6 Å². The van der Waals surface area contributed by atoms with Crippen LogP contribution in [0.3, 0.4) is 0 Å². The number of hydrogen-bond acceptors (Lipinski definition) is 5. The summed E-state index contributed by atoms with van der Waals surface area (Å²) < 4.78 is 19.5. The minimum absolute atomic E-state index is 0.103. The molecule has 0 spiro atoms. The number of amides is 3. The van der Waals surface area contributed by atoms with Gasteiger partial charge < -0.3 is 20.2 Å². The Kier molecular flexibility index (Phi) is 9.27. The van der Waals surface area contributed by atoms with Crippen molar-refractivity contribution in [1.29, 1.82) is 0 Å². The number of nitrogens with one attached hydrogen (secondary N) is 2. The number of benzene rings is 3. The second kappa shape index (κ2) is 12.8. The Morgan fingerprint density at radius 2 is 1.51 bits per heavy atom. The molecular formula is C32H36FN3O5. The van der Waals surface area contributed by atoms with Crippen molar-refractivity contribution < 1.29 is 28.3 Å². The van der Waals surface area contributed by atoms with Gasteiger partial charge in [-0.3, -0.25) is 9.59 Å². The van der Waals surface area contributed by atoms with Crippen molar-refractivity contribution in [2.45, 2.75) is 65.8 Å². The quantitative estimate of drug-likeness (QED) is 0.307. The molecule has 1 saturated carbocycles. The average molecular weight is 562 g/mol. The van der Waals surface area contributed by atoms with Crippen molar-refractivity contribution in [3.05, 3.63) is 76.6 Å². The molecule has 0 saturated heterocycles. The lowest BCUT2D eigenvalue weighted by Crippen LogP contribution is -2.42. The van der Waals surface area contributed by atoms with E-state index in [1.807, 2.05) is 32.9 Å². The van der Waals surface area contributed by atoms with Crippen LogP contribution in [0.1, 0.15) is 66.1 Å². The van der Waals surface area contributed by atoms with Gasteiger partial charge in [-0.2, -0.15) is 5.06 Å². The number of methoxy groups -OCH3 is 1. The van der Waals surface area contributed by atoms with Crippen LogP contribution < -0.4 is 15.4 Å². The molecule has 3 aromatic rings. The Morgan fingerprint density at radius 1 is 0.878 bits per heavy atom. The van der Waals surface area contributed by atoms with Crippen LogP contribution in [0.2, 0.25) is 0 Å². The third kappa shape index (κ3) is 7.03. The molecule has 2 N–H and O–H groups in total. The fourth-order valence-corrected chi connectivity index (χ4v) is 5.36. The first kappa shape index (κ1) is 29.6. The highest BCUT2D eigenvalue weighted by Gasteiger charge is 2.31. The lowest BCUT2D eigenvalue weighted by molar-refractivity contribution is -0.185. The highest BCUT2D eigenvalue weighted by atomic mass is 19.1. The van der Waals surface area contributed by atoms with Crippen LogP contribution in [0.5, 0.6) is 5.75 Å². The van der Waals surface area contributed by atoms with Crippen molar-refractivity contribution >= 4 is 29.3 Å². The molecule has 0 radical (unpaired) electrons. The van der Waals surface area contributed by atoms with Crippen molar-refractivity contribution in [1.82, 2.24) is 5.06 Å². The summed E-state index contributed by atoms with van der Waals surface area (Å²) >= 11 is 0. The van der Waals surface area contributed by atoms with Crippen LogP contribution in [-0.2, 0) is 9.63 Å². The highest BCUT2D eigenvalue weighted by molar-refractivity contribution is 6.07. The molecule has 0 aliphatic heterocycles. The number of carbonyl (C=O) groups is 3. The molecule has 216 valence electrons. The van der Waals surface area contributed by atoms with Gasteiger partial charge in [0.15, 0.2) is 11.6 Å². The number of rotatable bonds is 6. The van der Waals surface area contributed by atoms with E-state index in [0.29, 0.717) is 29.7 Å². The maximum atomic E-state index is 14.5. The average Bonchev–Trinajstić information content (AvgIpc) is 2.93. The number of carbonyl (C=O) groups excluding carboxylic acids is 3. The van der Waals surface area contributed by atoms with E-state index in [-0.39, 0.29) is 23.0 Å². The predicted octanol–water partition coefficient (Wildman–Crippen LogP) is 7.32. The number of urea groups is 1. The van der Waals surface area contributed by atoms with Crippen LogP contribution in [0, 0.1) is 26.6 Å². The predicted molar refractivity (Wildman–Crippen MR) is 156 cm³/mol. The molecule has 4 rings (SSSR count). The molecule has 0 unspecified atom stereocenters. The van der Waals surface area contributed by atoms with Gasteiger partial charge in [-0.15, -0.1) is 0 Å². The molecule has 3 aromatic carbocycles. The molecule has 1 aliphatic carbocycles. The molecule has 0 bridgehead atoms. The molecular weight excluding hydrogens is 525 g/mol. The topological polar surface area (TPSA) is 97.0 Å². The number of ether oxygens (including phenoxy) is 1. The van der Waals surface area contributed by atoms with Gasteiger partial charge in [0.2, 0.25) is 0 Å². The Labute approximate surface area is 239 Å². The molecule has 1 fully saturated rings. The van der Waals surface area contributed by atoms with Crippen molar-refractivity contribution in [2.24, 2.45) is 0 Å². The Balaban J connectivity index is 1.73. The van der Waals surface area contributed by atoms with Crippen molar-refractivity contribution in [3.8, 4) is 16.9 Å². The molecule has 41 heavy (non-hydrogen) atoms. The van der Waals surface area contributed by atoms with E-state index < -0.39 is 23.7 Å². The maximum Gasteiger partial charge on any atom is 0.329 e. The monoisotopic (exact) mass is 561 g/mol. The van der Waals surface area contributed by atoms with E-state index >= 15 is 0 Å². The summed E-state index contributed by atoms with van der Waals surface area (Å²) in [6, 6.07) is 12.5. The number of hydroxylamine groups is 2. The zero-order chi connectivity index (χ0) is 29.7. The molecule has 0 aromatic heterocycles. The number of halogens is 1. The number of aryl methyl sites for hydroxylation is 3. The minimum atomic E-state index is -0.605. The van der Waals surface area contributed by atoms with Gasteiger partial charge >= 0.3 is 12.0 Å². The summed E-state index contributed by atoms with van der Waals surface area (Å²) in [5.41, 5.74) is 4.96. The second-order valence-electron chi connectivity index (χ2n) is 10.5. The number of anilines is 2. The summed E-state index contributed by atoms with van der Waals surface area (Å²) in [6.45, 7) is 7.05. The van der Waals surface area contributed by atoms with Crippen LogP contribution in [-0.4, -0.2) is 36.1 Å². The van der Waals surface area contributed by atoms with Gasteiger partial charge in [0, 0.05) is 12.6 Å². The van der Waals surface area contributed by atoms with Crippen molar-refractivity contribution in [3.63, 3.8) is 0 Å². The highest BCUT2D eigenvalue weighted by Crippen LogP contribution is 2.32. The van der Waals surface area contributed by atoms with Gasteiger partial charge in [0.25, 0.3) is 5.91 Å². The zero-order valence-electron chi connectivity index (χ0n) is 24.1. The first-order valence-electron chi connectivity index (χ1n) is 13.7. The Bertz CT molecular complexity index is 1440. The summed E-state index contributed by atoms with van der Waals surface area (Å²) in [4.78, 5) is 44.5. The zero-order valence-corrected chi connectivity index (χ0v) is 24.1. The fraction of sp³-hybridized carbons (Fsp3) is 0.344. The van der Waals surface area contributed by atoms with Crippen LogP contribution >= 0.6 is 0 Å². The lowest BCUT2D eigenvalue weighted by atomic mass is 9.94. The van der Waals surface area contributed by atoms with E-state index in [0.717, 1.165) is 41.0 Å². The van der Waals surface area contributed by atoms with E-state index in [9.17, 15) is 18.8 Å². The molecule has 0 atom stereocenters. The molecule has 8 nitrogen and oxygen atoms in total. The van der Waals surface area contributed by atoms with Crippen LogP contribution in [0.25, 0.3) is 11.1 Å². The smallest absolute Gasteiger partial charge is 0.329 e. The molecule has 1 aliphatic rings. The summed E-state index contributed by atoms with van der Waals surface area (Å²) in [5, 5.41) is 6.84. The van der Waals surface area contributed by atoms with E-state index in [4.69, 9.17) is 9.57 Å². The fourth-order valence-electron chi connectivity index (χ4n) is 5.36. The first-order valence-corrected chi connectivity index (χ1v) is 13.7.